The molecule has 21 heavy (non-hydrogen) atoms. The Morgan fingerprint density at radius 1 is 1.05 bits per heavy atom. The van der Waals surface area contributed by atoms with Gasteiger partial charge in [-0.2, -0.15) is 13.2 Å². The van der Waals surface area contributed by atoms with Crippen LogP contribution in [0, 0.1) is 5.92 Å². The summed E-state index contributed by atoms with van der Waals surface area (Å²) in [7, 11) is 0. The number of halogens is 3. The van der Waals surface area contributed by atoms with Gasteiger partial charge in [0.2, 0.25) is 0 Å². The Bertz CT molecular complexity index is 400. The molecule has 1 fully saturated rings. The van der Waals surface area contributed by atoms with E-state index in [0.717, 1.165) is 18.7 Å². The molecule has 1 aliphatic rings. The molecule has 1 aliphatic carbocycles. The molecule has 0 atom stereocenters. The first-order chi connectivity index (χ1) is 10.1. The molecular weight excluding hydrogens is 279 g/mol. The van der Waals surface area contributed by atoms with E-state index in [1.165, 1.54) is 0 Å². The van der Waals surface area contributed by atoms with Gasteiger partial charge >= 0.3 is 6.18 Å². The van der Waals surface area contributed by atoms with Crippen molar-refractivity contribution in [1.29, 1.82) is 0 Å². The summed E-state index contributed by atoms with van der Waals surface area (Å²) in [5, 5.41) is 3.33. The third-order valence-corrected chi connectivity index (χ3v) is 3.96. The van der Waals surface area contributed by atoms with Gasteiger partial charge in [0.15, 0.2) is 0 Å². The molecule has 2 nitrogen and oxygen atoms in total. The largest absolute Gasteiger partial charge is 0.494 e. The van der Waals surface area contributed by atoms with E-state index < -0.39 is 12.1 Å². The van der Waals surface area contributed by atoms with E-state index in [9.17, 15) is 13.2 Å². The highest BCUT2D eigenvalue weighted by atomic mass is 19.4. The van der Waals surface area contributed by atoms with Gasteiger partial charge in [-0.1, -0.05) is 18.2 Å². The monoisotopic (exact) mass is 301 g/mol. The molecule has 0 aromatic heterocycles. The van der Waals surface area contributed by atoms with E-state index in [-0.39, 0.29) is 18.9 Å². The number of nitrogens with one attached hydrogen (secondary N) is 1. The van der Waals surface area contributed by atoms with Crippen LogP contribution in [0.5, 0.6) is 5.75 Å². The maximum Gasteiger partial charge on any atom is 0.391 e. The lowest BCUT2D eigenvalue weighted by Crippen LogP contribution is -2.37. The summed E-state index contributed by atoms with van der Waals surface area (Å²) in [4.78, 5) is 0. The second kappa shape index (κ2) is 7.69. The van der Waals surface area contributed by atoms with E-state index in [4.69, 9.17) is 4.74 Å². The van der Waals surface area contributed by atoms with Crippen LogP contribution < -0.4 is 10.1 Å². The number of alkyl halides is 3. The van der Waals surface area contributed by atoms with Crippen molar-refractivity contribution < 1.29 is 17.9 Å². The summed E-state index contributed by atoms with van der Waals surface area (Å²) in [6.45, 7) is 1.41. The Balaban J connectivity index is 1.54. The Labute approximate surface area is 123 Å². The van der Waals surface area contributed by atoms with Gasteiger partial charge in [-0.15, -0.1) is 0 Å². The summed E-state index contributed by atoms with van der Waals surface area (Å²) in [6, 6.07) is 9.82. The van der Waals surface area contributed by atoms with Gasteiger partial charge in [0, 0.05) is 6.04 Å². The minimum Gasteiger partial charge on any atom is -0.494 e. The molecule has 0 heterocycles. The normalized spacial score (nSPS) is 23.0. The zero-order valence-corrected chi connectivity index (χ0v) is 12.0. The lowest BCUT2D eigenvalue weighted by molar-refractivity contribution is -0.182. The Morgan fingerprint density at radius 3 is 2.33 bits per heavy atom. The third-order valence-electron chi connectivity index (χ3n) is 3.96. The van der Waals surface area contributed by atoms with E-state index in [1.54, 1.807) is 0 Å². The van der Waals surface area contributed by atoms with Crippen LogP contribution in [0.2, 0.25) is 0 Å². The molecule has 0 unspecified atom stereocenters. The lowest BCUT2D eigenvalue weighted by atomic mass is 9.85. The number of hydrogen-bond donors (Lipinski definition) is 1. The fourth-order valence-corrected chi connectivity index (χ4v) is 2.71. The summed E-state index contributed by atoms with van der Waals surface area (Å²) in [5.74, 6) is -0.250. The summed E-state index contributed by atoms with van der Waals surface area (Å²) >= 11 is 0. The topological polar surface area (TPSA) is 21.3 Å². The van der Waals surface area contributed by atoms with Gasteiger partial charge in [0.05, 0.1) is 12.5 Å². The molecule has 0 spiro atoms. The zero-order chi connectivity index (χ0) is 15.1. The minimum absolute atomic E-state index is 0.223. The van der Waals surface area contributed by atoms with Crippen molar-refractivity contribution in [3.63, 3.8) is 0 Å². The van der Waals surface area contributed by atoms with Gasteiger partial charge in [-0.25, -0.2) is 0 Å². The van der Waals surface area contributed by atoms with Crippen molar-refractivity contribution in [3.8, 4) is 5.75 Å². The number of para-hydroxylation sites is 1. The predicted octanol–water partition coefficient (Wildman–Crippen LogP) is 4.17. The van der Waals surface area contributed by atoms with Crippen molar-refractivity contribution in [1.82, 2.24) is 5.32 Å². The zero-order valence-electron chi connectivity index (χ0n) is 12.0. The van der Waals surface area contributed by atoms with Gasteiger partial charge in [0.25, 0.3) is 0 Å². The molecule has 118 valence electrons. The quantitative estimate of drug-likeness (QED) is 0.796. The van der Waals surface area contributed by atoms with Crippen LogP contribution in [0.25, 0.3) is 0 Å². The van der Waals surface area contributed by atoms with Gasteiger partial charge in [-0.05, 0) is 50.8 Å². The summed E-state index contributed by atoms with van der Waals surface area (Å²) in [5.41, 5.74) is 0. The molecule has 0 saturated heterocycles. The van der Waals surface area contributed by atoms with Crippen LogP contribution in [-0.4, -0.2) is 25.4 Å². The summed E-state index contributed by atoms with van der Waals surface area (Å²) < 4.78 is 43.2. The first kappa shape index (κ1) is 16.1. The van der Waals surface area contributed by atoms with Crippen LogP contribution in [0.1, 0.15) is 32.1 Å². The van der Waals surface area contributed by atoms with Crippen LogP contribution in [0.4, 0.5) is 13.2 Å². The fourth-order valence-electron chi connectivity index (χ4n) is 2.71. The Morgan fingerprint density at radius 2 is 1.71 bits per heavy atom. The van der Waals surface area contributed by atoms with Crippen molar-refractivity contribution in [2.75, 3.05) is 13.2 Å². The maximum absolute atomic E-state index is 12.5. The lowest BCUT2D eigenvalue weighted by Gasteiger charge is -2.30. The average Bonchev–Trinajstić information content (AvgIpc) is 2.47. The molecule has 1 aromatic rings. The number of benzene rings is 1. The predicted molar refractivity (Wildman–Crippen MR) is 76.4 cm³/mol. The highest BCUT2D eigenvalue weighted by molar-refractivity contribution is 5.20. The molecule has 0 amide bonds. The van der Waals surface area contributed by atoms with Crippen LogP contribution in [0.3, 0.4) is 0 Å². The first-order valence-electron chi connectivity index (χ1n) is 7.53. The molecular formula is C16H22F3NO. The third kappa shape index (κ3) is 5.58. The van der Waals surface area contributed by atoms with E-state index in [2.05, 4.69) is 5.32 Å². The highest BCUT2D eigenvalue weighted by Crippen LogP contribution is 2.37. The minimum atomic E-state index is -4.02. The van der Waals surface area contributed by atoms with Crippen molar-refractivity contribution in [3.05, 3.63) is 30.3 Å². The smallest absolute Gasteiger partial charge is 0.391 e. The van der Waals surface area contributed by atoms with Crippen LogP contribution >= 0.6 is 0 Å². The van der Waals surface area contributed by atoms with E-state index in [0.29, 0.717) is 19.4 Å². The molecule has 5 heteroatoms. The fraction of sp³-hybridized carbons (Fsp3) is 0.625. The number of ether oxygens (including phenoxy) is 1. The van der Waals surface area contributed by atoms with Gasteiger partial charge < -0.3 is 10.1 Å². The molecule has 0 bridgehead atoms. The van der Waals surface area contributed by atoms with E-state index in [1.807, 2.05) is 30.3 Å². The molecule has 1 N–H and O–H groups in total. The van der Waals surface area contributed by atoms with Crippen molar-refractivity contribution >= 4 is 0 Å². The van der Waals surface area contributed by atoms with Crippen LogP contribution in [0.15, 0.2) is 30.3 Å². The van der Waals surface area contributed by atoms with Crippen molar-refractivity contribution in [2.24, 2.45) is 5.92 Å². The Kier molecular flexibility index (Phi) is 5.91. The van der Waals surface area contributed by atoms with Gasteiger partial charge in [-0.3, -0.25) is 0 Å². The van der Waals surface area contributed by atoms with Gasteiger partial charge in [0.1, 0.15) is 5.75 Å². The first-order valence-corrected chi connectivity index (χ1v) is 7.53. The standard InChI is InChI=1S/C16H22F3NO/c17-16(18,19)13-7-9-14(10-8-13)20-11-4-12-21-15-5-2-1-3-6-15/h1-3,5-6,13-14,20H,4,7-12H2. The summed E-state index contributed by atoms with van der Waals surface area (Å²) in [6.07, 6.45) is -1.43. The average molecular weight is 301 g/mol. The van der Waals surface area contributed by atoms with Crippen LogP contribution in [-0.2, 0) is 0 Å². The Hall–Kier alpha value is -1.23. The molecule has 0 aliphatic heterocycles. The number of rotatable bonds is 6. The molecule has 1 aromatic carbocycles. The second-order valence-corrected chi connectivity index (χ2v) is 5.56. The number of hydrogen-bond acceptors (Lipinski definition) is 2. The van der Waals surface area contributed by atoms with Crippen molar-refractivity contribution in [2.45, 2.75) is 44.3 Å². The highest BCUT2D eigenvalue weighted by Gasteiger charge is 2.41. The molecule has 0 radical (unpaired) electrons. The molecule has 1 saturated carbocycles. The SMILES string of the molecule is FC(F)(F)C1CCC(NCCCOc2ccccc2)CC1. The second-order valence-electron chi connectivity index (χ2n) is 5.56. The molecule has 2 rings (SSSR count). The maximum atomic E-state index is 12.5. The van der Waals surface area contributed by atoms with E-state index >= 15 is 0 Å².